The number of carbonyl (C=O) groups is 2. The summed E-state index contributed by atoms with van der Waals surface area (Å²) in [4.78, 5) is 26.9. The minimum Gasteiger partial charge on any atom is -0.486 e. The predicted molar refractivity (Wildman–Crippen MR) is 108 cm³/mol. The molecule has 2 amide bonds. The van der Waals surface area contributed by atoms with Gasteiger partial charge >= 0.3 is 0 Å². The van der Waals surface area contributed by atoms with Crippen LogP contribution < -0.4 is 20.1 Å². The summed E-state index contributed by atoms with van der Waals surface area (Å²) in [5.74, 6) is 0.932. The normalized spacial score (nSPS) is 18.4. The molecule has 1 saturated carbocycles. The molecule has 0 radical (unpaired) electrons. The first-order valence-corrected chi connectivity index (χ1v) is 9.86. The average molecular weight is 395 g/mol. The number of amides is 2. The fourth-order valence-electron chi connectivity index (χ4n) is 3.54. The molecule has 29 heavy (non-hydrogen) atoms. The topological polar surface area (TPSA) is 79.9 Å². The van der Waals surface area contributed by atoms with Crippen LogP contribution in [0.1, 0.15) is 24.8 Å². The van der Waals surface area contributed by atoms with Gasteiger partial charge in [0, 0.05) is 30.5 Å². The molecule has 7 heteroatoms. The molecule has 0 spiro atoms. The summed E-state index contributed by atoms with van der Waals surface area (Å²) in [6.45, 7) is 5.49. The molecule has 0 saturated heterocycles. The maximum absolute atomic E-state index is 12.7. The Kier molecular flexibility index (Phi) is 5.29. The van der Waals surface area contributed by atoms with Crippen LogP contribution in [0.3, 0.4) is 0 Å². The van der Waals surface area contributed by atoms with Gasteiger partial charge in [0.15, 0.2) is 11.5 Å². The van der Waals surface area contributed by atoms with Crippen LogP contribution in [-0.2, 0) is 16.1 Å². The van der Waals surface area contributed by atoms with E-state index < -0.39 is 0 Å². The van der Waals surface area contributed by atoms with Crippen LogP contribution in [0.25, 0.3) is 0 Å². The van der Waals surface area contributed by atoms with E-state index in [4.69, 9.17) is 9.47 Å². The SMILES string of the molecule is C=C1C(C(=O)NC)=CC(C(=O)NC2CCC2)=CN1Cc1cccc2c1OCCO2. The Hall–Kier alpha value is -3.22. The number of nitrogens with one attached hydrogen (secondary N) is 2. The zero-order chi connectivity index (χ0) is 20.4. The maximum Gasteiger partial charge on any atom is 0.253 e. The Morgan fingerprint density at radius 2 is 2.00 bits per heavy atom. The van der Waals surface area contributed by atoms with Crippen molar-refractivity contribution in [1.82, 2.24) is 15.5 Å². The Morgan fingerprint density at radius 1 is 1.21 bits per heavy atom. The van der Waals surface area contributed by atoms with Gasteiger partial charge in [-0.05, 0) is 31.4 Å². The second kappa shape index (κ2) is 8.03. The third kappa shape index (κ3) is 3.85. The molecular weight excluding hydrogens is 370 g/mol. The van der Waals surface area contributed by atoms with E-state index >= 15 is 0 Å². The molecule has 0 bridgehead atoms. The van der Waals surface area contributed by atoms with Crippen molar-refractivity contribution in [3.05, 3.63) is 59.5 Å². The zero-order valence-electron chi connectivity index (χ0n) is 16.5. The number of fused-ring (bicyclic) bond motifs is 1. The molecule has 1 aliphatic carbocycles. The van der Waals surface area contributed by atoms with Gasteiger partial charge in [-0.25, -0.2) is 0 Å². The summed E-state index contributed by atoms with van der Waals surface area (Å²) in [7, 11) is 1.56. The second-order valence-corrected chi connectivity index (χ2v) is 7.34. The van der Waals surface area contributed by atoms with Crippen molar-refractivity contribution in [3.8, 4) is 11.5 Å². The van der Waals surface area contributed by atoms with E-state index in [-0.39, 0.29) is 17.9 Å². The molecule has 1 aromatic carbocycles. The molecule has 2 aliphatic heterocycles. The number of nitrogens with zero attached hydrogens (tertiary/aromatic N) is 1. The van der Waals surface area contributed by atoms with Crippen LogP contribution in [0.4, 0.5) is 0 Å². The lowest BCUT2D eigenvalue weighted by molar-refractivity contribution is -0.118. The third-order valence-electron chi connectivity index (χ3n) is 5.42. The number of likely N-dealkylation sites (N-methyl/N-ethyl adjacent to an activating group) is 1. The highest BCUT2D eigenvalue weighted by molar-refractivity contribution is 6.03. The van der Waals surface area contributed by atoms with Crippen molar-refractivity contribution in [1.29, 1.82) is 0 Å². The molecule has 2 N–H and O–H groups in total. The summed E-state index contributed by atoms with van der Waals surface area (Å²) in [5.41, 5.74) is 2.23. The molecule has 1 aromatic rings. The highest BCUT2D eigenvalue weighted by Gasteiger charge is 2.28. The van der Waals surface area contributed by atoms with Crippen LogP contribution in [0.5, 0.6) is 11.5 Å². The molecule has 7 nitrogen and oxygen atoms in total. The van der Waals surface area contributed by atoms with Crippen LogP contribution in [0, 0.1) is 0 Å². The van der Waals surface area contributed by atoms with Crippen molar-refractivity contribution in [2.24, 2.45) is 0 Å². The van der Waals surface area contributed by atoms with Gasteiger partial charge in [0.2, 0.25) is 0 Å². The van der Waals surface area contributed by atoms with Crippen molar-refractivity contribution in [2.45, 2.75) is 31.8 Å². The van der Waals surface area contributed by atoms with Crippen molar-refractivity contribution in [3.63, 3.8) is 0 Å². The van der Waals surface area contributed by atoms with E-state index in [1.54, 1.807) is 19.3 Å². The molecule has 0 atom stereocenters. The van der Waals surface area contributed by atoms with Gasteiger partial charge in [-0.1, -0.05) is 18.7 Å². The van der Waals surface area contributed by atoms with Crippen LogP contribution in [-0.4, -0.2) is 43.0 Å². The monoisotopic (exact) mass is 395 g/mol. The van der Waals surface area contributed by atoms with Crippen LogP contribution in [0.15, 0.2) is 53.9 Å². The molecule has 1 fully saturated rings. The Labute approximate surface area is 170 Å². The maximum atomic E-state index is 12.7. The first-order chi connectivity index (χ1) is 14.1. The number of hydrogen-bond donors (Lipinski definition) is 2. The number of hydrogen-bond acceptors (Lipinski definition) is 5. The van der Waals surface area contributed by atoms with E-state index in [0.717, 1.165) is 24.8 Å². The highest BCUT2D eigenvalue weighted by Crippen LogP contribution is 2.36. The lowest BCUT2D eigenvalue weighted by Crippen LogP contribution is -2.41. The van der Waals surface area contributed by atoms with Gasteiger partial charge in [0.05, 0.1) is 17.7 Å². The van der Waals surface area contributed by atoms with Crippen LogP contribution in [0.2, 0.25) is 0 Å². The molecule has 3 aliphatic rings. The van der Waals surface area contributed by atoms with E-state index in [0.29, 0.717) is 48.1 Å². The third-order valence-corrected chi connectivity index (χ3v) is 5.42. The largest absolute Gasteiger partial charge is 0.486 e. The number of rotatable bonds is 5. The van der Waals surface area contributed by atoms with Gasteiger partial charge in [-0.15, -0.1) is 0 Å². The summed E-state index contributed by atoms with van der Waals surface area (Å²) in [6.07, 6.45) is 6.47. The fraction of sp³-hybridized carbons (Fsp3) is 0.364. The zero-order valence-corrected chi connectivity index (χ0v) is 16.5. The molecule has 0 aromatic heterocycles. The van der Waals surface area contributed by atoms with Crippen molar-refractivity contribution in [2.75, 3.05) is 20.3 Å². The standard InChI is InChI=1S/C22H25N3O4/c1-14-18(22(27)23-2)11-16(21(26)24-17-6-4-7-17)13-25(14)12-15-5-3-8-19-20(15)29-10-9-28-19/h3,5,8,11,13,17H,1,4,6-7,9-10,12H2,2H3,(H,23,27)(H,24,26). The predicted octanol–water partition coefficient (Wildman–Crippen LogP) is 2.01. The van der Waals surface area contributed by atoms with E-state index in [1.807, 2.05) is 23.1 Å². The van der Waals surface area contributed by atoms with Gasteiger partial charge in [-0.3, -0.25) is 9.59 Å². The van der Waals surface area contributed by atoms with Crippen LogP contribution >= 0.6 is 0 Å². The summed E-state index contributed by atoms with van der Waals surface area (Å²) < 4.78 is 11.5. The van der Waals surface area contributed by atoms with Gasteiger partial charge < -0.3 is 25.0 Å². The second-order valence-electron chi connectivity index (χ2n) is 7.34. The fourth-order valence-corrected chi connectivity index (χ4v) is 3.54. The molecule has 152 valence electrons. The summed E-state index contributed by atoms with van der Waals surface area (Å²) in [5, 5.41) is 5.65. The number of benzene rings is 1. The lowest BCUT2D eigenvalue weighted by atomic mass is 9.92. The number of ether oxygens (including phenoxy) is 2. The lowest BCUT2D eigenvalue weighted by Gasteiger charge is -2.31. The van der Waals surface area contributed by atoms with Crippen molar-refractivity contribution >= 4 is 11.8 Å². The smallest absolute Gasteiger partial charge is 0.253 e. The van der Waals surface area contributed by atoms with Crippen molar-refractivity contribution < 1.29 is 19.1 Å². The summed E-state index contributed by atoms with van der Waals surface area (Å²) >= 11 is 0. The highest BCUT2D eigenvalue weighted by atomic mass is 16.6. The number of carbonyl (C=O) groups excluding carboxylic acids is 2. The Bertz CT molecular complexity index is 915. The van der Waals surface area contributed by atoms with Gasteiger partial charge in [0.1, 0.15) is 13.2 Å². The number of para-hydroxylation sites is 1. The van der Waals surface area contributed by atoms with E-state index in [9.17, 15) is 9.59 Å². The first-order valence-electron chi connectivity index (χ1n) is 9.86. The quantitative estimate of drug-likeness (QED) is 0.797. The minimum atomic E-state index is -0.281. The van der Waals surface area contributed by atoms with E-state index in [1.165, 1.54) is 0 Å². The summed E-state index contributed by atoms with van der Waals surface area (Å²) in [6, 6.07) is 5.93. The Morgan fingerprint density at radius 3 is 2.72 bits per heavy atom. The molecule has 2 heterocycles. The molecule has 4 rings (SSSR count). The molecule has 0 unspecified atom stereocenters. The average Bonchev–Trinajstić information content (AvgIpc) is 2.71. The first kappa shape index (κ1) is 19.1. The minimum absolute atomic E-state index is 0.178. The Balaban J connectivity index is 1.62. The van der Waals surface area contributed by atoms with Gasteiger partial charge in [-0.2, -0.15) is 0 Å². The molecular formula is C22H25N3O4. The van der Waals surface area contributed by atoms with E-state index in [2.05, 4.69) is 17.2 Å². The van der Waals surface area contributed by atoms with Gasteiger partial charge in [0.25, 0.3) is 11.8 Å².